The van der Waals surface area contributed by atoms with E-state index in [2.05, 4.69) is 15.4 Å². The quantitative estimate of drug-likeness (QED) is 0.413. The fraction of sp³-hybridized carbons (Fsp3) is 0.462. The molecule has 1 amide bonds. The number of rotatable bonds is 8. The molecule has 0 aliphatic carbocycles. The van der Waals surface area contributed by atoms with Gasteiger partial charge in [0, 0.05) is 35.5 Å². The van der Waals surface area contributed by atoms with Crippen LogP contribution in [0.4, 0.5) is 10.1 Å². The van der Waals surface area contributed by atoms with Crippen molar-refractivity contribution in [3.05, 3.63) is 53.5 Å². The molecule has 3 heterocycles. The number of nitrogens with zero attached hydrogens (tertiary/aromatic N) is 2. The maximum atomic E-state index is 13.4. The Morgan fingerprint density at radius 3 is 2.79 bits per heavy atom. The first-order valence-corrected chi connectivity index (χ1v) is 12.0. The maximum absolute atomic E-state index is 13.4. The van der Waals surface area contributed by atoms with E-state index in [0.29, 0.717) is 24.5 Å². The van der Waals surface area contributed by atoms with Gasteiger partial charge in [0.15, 0.2) is 5.58 Å². The number of piperidine rings is 1. The average Bonchev–Trinajstić information content (AvgIpc) is 3.24. The standard InChI is InChI=1S/C26H30FN3O3.ClH/c27-20-6-8-22-24(16-20)33-29-26(22)19-10-13-30(14-11-19)12-2-1-3-15-32-21-7-4-18-5-9-25(31)28-23(18)17-21;/h4,6-8,16-17,19H,1-3,5,9-15H2,(H,28,31);1H. The molecule has 3 aromatic rings. The van der Waals surface area contributed by atoms with Gasteiger partial charge in [0.05, 0.1) is 12.3 Å². The molecule has 2 aliphatic heterocycles. The molecular formula is C26H31ClFN3O3. The Morgan fingerprint density at radius 1 is 1.09 bits per heavy atom. The monoisotopic (exact) mass is 487 g/mol. The van der Waals surface area contributed by atoms with Crippen LogP contribution in [0.25, 0.3) is 11.0 Å². The Bertz CT molecular complexity index is 1130. The van der Waals surface area contributed by atoms with Crippen LogP contribution < -0.4 is 10.1 Å². The van der Waals surface area contributed by atoms with Crippen molar-refractivity contribution in [1.29, 1.82) is 0 Å². The number of hydrogen-bond acceptors (Lipinski definition) is 5. The second-order valence-corrected chi connectivity index (χ2v) is 9.10. The predicted molar refractivity (Wildman–Crippen MR) is 132 cm³/mol. The number of benzene rings is 2. The van der Waals surface area contributed by atoms with Crippen LogP contribution in [0, 0.1) is 5.82 Å². The number of aromatic nitrogens is 1. The zero-order valence-corrected chi connectivity index (χ0v) is 20.0. The number of hydrogen-bond donors (Lipinski definition) is 1. The van der Waals surface area contributed by atoms with Gasteiger partial charge in [0.25, 0.3) is 0 Å². The fourth-order valence-electron chi connectivity index (χ4n) is 4.90. The summed E-state index contributed by atoms with van der Waals surface area (Å²) in [5.41, 5.74) is 3.58. The van der Waals surface area contributed by atoms with Crippen LogP contribution in [0.5, 0.6) is 5.75 Å². The number of aryl methyl sites for hydroxylation is 1. The largest absolute Gasteiger partial charge is 0.494 e. The van der Waals surface area contributed by atoms with Gasteiger partial charge in [-0.1, -0.05) is 11.2 Å². The minimum Gasteiger partial charge on any atom is -0.494 e. The zero-order chi connectivity index (χ0) is 22.6. The normalized spacial score (nSPS) is 16.7. The van der Waals surface area contributed by atoms with E-state index in [1.165, 1.54) is 17.7 Å². The van der Waals surface area contributed by atoms with Crippen molar-refractivity contribution in [3.63, 3.8) is 0 Å². The average molecular weight is 488 g/mol. The smallest absolute Gasteiger partial charge is 0.224 e. The number of amides is 1. The van der Waals surface area contributed by atoms with Crippen molar-refractivity contribution in [1.82, 2.24) is 10.1 Å². The van der Waals surface area contributed by atoms with Crippen molar-refractivity contribution in [2.24, 2.45) is 0 Å². The highest BCUT2D eigenvalue weighted by Crippen LogP contribution is 2.33. The second-order valence-electron chi connectivity index (χ2n) is 9.10. The number of carbonyl (C=O) groups excluding carboxylic acids is 1. The highest BCUT2D eigenvalue weighted by Gasteiger charge is 2.25. The molecule has 1 N–H and O–H groups in total. The summed E-state index contributed by atoms with van der Waals surface area (Å²) in [5, 5.41) is 8.10. The maximum Gasteiger partial charge on any atom is 0.224 e. The molecule has 34 heavy (non-hydrogen) atoms. The summed E-state index contributed by atoms with van der Waals surface area (Å²) in [6.45, 7) is 3.89. The molecule has 5 rings (SSSR count). The van der Waals surface area contributed by atoms with Crippen LogP contribution in [-0.2, 0) is 11.2 Å². The molecule has 0 spiro atoms. The first kappa shape index (κ1) is 24.5. The predicted octanol–water partition coefficient (Wildman–Crippen LogP) is 5.70. The molecule has 2 aliphatic rings. The summed E-state index contributed by atoms with van der Waals surface area (Å²) >= 11 is 0. The number of fused-ring (bicyclic) bond motifs is 2. The molecule has 0 unspecified atom stereocenters. The van der Waals surface area contributed by atoms with Crippen molar-refractivity contribution < 1.29 is 18.4 Å². The molecule has 8 heteroatoms. The number of ether oxygens (including phenoxy) is 1. The minimum absolute atomic E-state index is 0. The van der Waals surface area contributed by atoms with E-state index in [0.717, 1.165) is 80.7 Å². The number of unbranched alkanes of at least 4 members (excludes halogenated alkanes) is 2. The Hall–Kier alpha value is -2.64. The molecule has 0 saturated carbocycles. The molecule has 2 aromatic carbocycles. The van der Waals surface area contributed by atoms with Gasteiger partial charge in [-0.05, 0) is 81.9 Å². The van der Waals surface area contributed by atoms with Crippen LogP contribution >= 0.6 is 12.4 Å². The van der Waals surface area contributed by atoms with Gasteiger partial charge in [-0.2, -0.15) is 0 Å². The van der Waals surface area contributed by atoms with Gasteiger partial charge >= 0.3 is 0 Å². The van der Waals surface area contributed by atoms with Gasteiger partial charge in [0.2, 0.25) is 5.91 Å². The minimum atomic E-state index is -0.290. The van der Waals surface area contributed by atoms with Crippen molar-refractivity contribution in [2.75, 3.05) is 31.6 Å². The zero-order valence-electron chi connectivity index (χ0n) is 19.2. The number of nitrogens with one attached hydrogen (secondary N) is 1. The molecular weight excluding hydrogens is 457 g/mol. The Kier molecular flexibility index (Phi) is 8.06. The van der Waals surface area contributed by atoms with Crippen molar-refractivity contribution >= 4 is 35.0 Å². The van der Waals surface area contributed by atoms with E-state index >= 15 is 0 Å². The van der Waals surface area contributed by atoms with Crippen LogP contribution in [0.15, 0.2) is 40.9 Å². The molecule has 0 atom stereocenters. The van der Waals surface area contributed by atoms with Gasteiger partial charge in [-0.15, -0.1) is 12.4 Å². The van der Waals surface area contributed by atoms with E-state index in [1.54, 1.807) is 6.07 Å². The van der Waals surface area contributed by atoms with Crippen LogP contribution in [0.2, 0.25) is 0 Å². The lowest BCUT2D eigenvalue weighted by Gasteiger charge is -2.31. The summed E-state index contributed by atoms with van der Waals surface area (Å²) in [7, 11) is 0. The van der Waals surface area contributed by atoms with E-state index in [-0.39, 0.29) is 24.1 Å². The Balaban J connectivity index is 0.00000274. The molecule has 1 saturated heterocycles. The summed E-state index contributed by atoms with van der Waals surface area (Å²) in [5.74, 6) is 0.985. The molecule has 182 valence electrons. The van der Waals surface area contributed by atoms with Crippen LogP contribution in [0.1, 0.15) is 55.7 Å². The second kappa shape index (κ2) is 11.2. The van der Waals surface area contributed by atoms with E-state index in [1.807, 2.05) is 18.2 Å². The van der Waals surface area contributed by atoms with Crippen LogP contribution in [-0.4, -0.2) is 42.2 Å². The Morgan fingerprint density at radius 2 is 1.94 bits per heavy atom. The summed E-state index contributed by atoms with van der Waals surface area (Å²) in [6.07, 6.45) is 6.76. The molecule has 0 bridgehead atoms. The number of likely N-dealkylation sites (tertiary alicyclic amines) is 1. The summed E-state index contributed by atoms with van der Waals surface area (Å²) in [4.78, 5) is 14.1. The van der Waals surface area contributed by atoms with Crippen molar-refractivity contribution in [3.8, 4) is 5.75 Å². The molecule has 1 fully saturated rings. The van der Waals surface area contributed by atoms with E-state index < -0.39 is 0 Å². The van der Waals surface area contributed by atoms with Gasteiger partial charge < -0.3 is 19.5 Å². The first-order chi connectivity index (χ1) is 16.2. The lowest BCUT2D eigenvalue weighted by atomic mass is 9.91. The van der Waals surface area contributed by atoms with E-state index in [9.17, 15) is 9.18 Å². The number of halogens is 2. The Labute approximate surface area is 205 Å². The summed E-state index contributed by atoms with van der Waals surface area (Å²) in [6, 6.07) is 10.7. The van der Waals surface area contributed by atoms with E-state index in [4.69, 9.17) is 9.26 Å². The third-order valence-electron chi connectivity index (χ3n) is 6.80. The molecule has 6 nitrogen and oxygen atoms in total. The topological polar surface area (TPSA) is 67.6 Å². The lowest BCUT2D eigenvalue weighted by Crippen LogP contribution is -2.33. The molecule has 0 radical (unpaired) electrons. The third-order valence-corrected chi connectivity index (χ3v) is 6.80. The van der Waals surface area contributed by atoms with Gasteiger partial charge in [-0.3, -0.25) is 4.79 Å². The highest BCUT2D eigenvalue weighted by molar-refractivity contribution is 5.94. The third kappa shape index (κ3) is 5.70. The first-order valence-electron chi connectivity index (χ1n) is 12.0. The highest BCUT2D eigenvalue weighted by atomic mass is 35.5. The fourth-order valence-corrected chi connectivity index (χ4v) is 4.90. The molecule has 1 aromatic heterocycles. The van der Waals surface area contributed by atoms with Gasteiger partial charge in [-0.25, -0.2) is 4.39 Å². The van der Waals surface area contributed by atoms with Gasteiger partial charge in [0.1, 0.15) is 11.6 Å². The lowest BCUT2D eigenvalue weighted by molar-refractivity contribution is -0.116. The SMILES string of the molecule is Cl.O=C1CCc2ccc(OCCCCCN3CCC(c4noc5cc(F)ccc45)CC3)cc2N1. The number of carbonyl (C=O) groups is 1. The van der Waals surface area contributed by atoms with Crippen molar-refractivity contribution in [2.45, 2.75) is 50.9 Å². The van der Waals surface area contributed by atoms with Crippen LogP contribution in [0.3, 0.4) is 0 Å². The number of anilines is 1. The summed E-state index contributed by atoms with van der Waals surface area (Å²) < 4.78 is 24.6.